The second-order valence-electron chi connectivity index (χ2n) is 3.89. The zero-order chi connectivity index (χ0) is 11.4. The Morgan fingerprint density at radius 1 is 1.40 bits per heavy atom. The van der Waals surface area contributed by atoms with Crippen LogP contribution in [-0.4, -0.2) is 28.4 Å². The molecule has 1 heterocycles. The minimum absolute atomic E-state index is 0.541. The molecule has 0 aromatic carbocycles. The zero-order valence-corrected chi connectivity index (χ0v) is 11.4. The van der Waals surface area contributed by atoms with Gasteiger partial charge in [0, 0.05) is 18.4 Å². The van der Waals surface area contributed by atoms with Gasteiger partial charge in [0.15, 0.2) is 0 Å². The summed E-state index contributed by atoms with van der Waals surface area (Å²) >= 11 is 3.54. The van der Waals surface area contributed by atoms with E-state index < -0.39 is 0 Å². The van der Waals surface area contributed by atoms with E-state index in [1.165, 1.54) is 0 Å². The average molecular weight is 272 g/mol. The Hall–Kier alpha value is -0.640. The minimum atomic E-state index is 0.541. The molecule has 0 spiro atoms. The number of hydrogen-bond acceptors (Lipinski definition) is 3. The highest BCUT2D eigenvalue weighted by molar-refractivity contribution is 9.09. The lowest BCUT2D eigenvalue weighted by molar-refractivity contribution is 0.773. The van der Waals surface area contributed by atoms with Gasteiger partial charge in [-0.25, -0.2) is 4.98 Å². The first-order chi connectivity index (χ1) is 7.00. The highest BCUT2D eigenvalue weighted by Crippen LogP contribution is 2.12. The van der Waals surface area contributed by atoms with Crippen LogP contribution in [-0.2, 0) is 0 Å². The van der Waals surface area contributed by atoms with Gasteiger partial charge in [-0.3, -0.25) is 4.98 Å². The van der Waals surface area contributed by atoms with Crippen LogP contribution in [0.25, 0.3) is 0 Å². The van der Waals surface area contributed by atoms with Gasteiger partial charge in [0.1, 0.15) is 5.82 Å². The number of hydrogen-bond donors (Lipinski definition) is 0. The molecule has 1 aromatic rings. The maximum Gasteiger partial charge on any atom is 0.147 e. The van der Waals surface area contributed by atoms with E-state index in [9.17, 15) is 0 Å². The maximum absolute atomic E-state index is 4.50. The fourth-order valence-corrected chi connectivity index (χ4v) is 1.40. The molecule has 3 nitrogen and oxygen atoms in total. The maximum atomic E-state index is 4.50. The summed E-state index contributed by atoms with van der Waals surface area (Å²) in [5.41, 5.74) is 2.01. The fourth-order valence-electron chi connectivity index (χ4n) is 1.20. The summed E-state index contributed by atoms with van der Waals surface area (Å²) in [6, 6.07) is 0. The number of halogens is 1. The van der Waals surface area contributed by atoms with E-state index in [0.29, 0.717) is 4.83 Å². The second-order valence-corrected chi connectivity index (χ2v) is 5.45. The van der Waals surface area contributed by atoms with Crippen LogP contribution in [0, 0.1) is 13.8 Å². The number of anilines is 1. The molecule has 0 aliphatic heterocycles. The van der Waals surface area contributed by atoms with Gasteiger partial charge in [-0.05, 0) is 20.3 Å². The van der Waals surface area contributed by atoms with Crippen molar-refractivity contribution in [2.24, 2.45) is 0 Å². The summed E-state index contributed by atoms with van der Waals surface area (Å²) in [5, 5.41) is 0. The monoisotopic (exact) mass is 271 g/mol. The van der Waals surface area contributed by atoms with Gasteiger partial charge in [-0.1, -0.05) is 22.9 Å². The van der Waals surface area contributed by atoms with Gasteiger partial charge < -0.3 is 4.90 Å². The number of aromatic nitrogens is 2. The highest BCUT2D eigenvalue weighted by Gasteiger charge is 2.06. The van der Waals surface area contributed by atoms with Crippen LogP contribution in [0.2, 0.25) is 0 Å². The lowest BCUT2D eigenvalue weighted by Crippen LogP contribution is -2.22. The van der Waals surface area contributed by atoms with Gasteiger partial charge in [0.25, 0.3) is 0 Å². The fraction of sp³-hybridized carbons (Fsp3) is 0.636. The summed E-state index contributed by atoms with van der Waals surface area (Å²) in [7, 11) is 2.05. The Morgan fingerprint density at radius 2 is 2.07 bits per heavy atom. The van der Waals surface area contributed by atoms with E-state index in [0.717, 1.165) is 30.2 Å². The van der Waals surface area contributed by atoms with E-state index >= 15 is 0 Å². The topological polar surface area (TPSA) is 29.0 Å². The summed E-state index contributed by atoms with van der Waals surface area (Å²) in [6.45, 7) is 7.11. The minimum Gasteiger partial charge on any atom is -0.358 e. The summed E-state index contributed by atoms with van der Waals surface area (Å²) < 4.78 is 0. The smallest absolute Gasteiger partial charge is 0.147 e. The molecule has 84 valence electrons. The molecule has 0 saturated heterocycles. The Balaban J connectivity index is 2.65. The molecule has 4 heteroatoms. The molecule has 0 saturated carbocycles. The van der Waals surface area contributed by atoms with Gasteiger partial charge in [-0.15, -0.1) is 0 Å². The van der Waals surface area contributed by atoms with Crippen molar-refractivity contribution in [1.29, 1.82) is 0 Å². The van der Waals surface area contributed by atoms with Crippen molar-refractivity contribution in [2.75, 3.05) is 18.5 Å². The summed E-state index contributed by atoms with van der Waals surface area (Å²) in [6.07, 6.45) is 2.94. The Kier molecular flexibility index (Phi) is 4.51. The van der Waals surface area contributed by atoms with Crippen LogP contribution < -0.4 is 4.90 Å². The molecule has 0 bridgehead atoms. The van der Waals surface area contributed by atoms with E-state index in [1.807, 2.05) is 27.1 Å². The summed E-state index contributed by atoms with van der Waals surface area (Å²) in [5.74, 6) is 0.950. The molecule has 0 aliphatic rings. The van der Waals surface area contributed by atoms with Crippen LogP contribution in [0.3, 0.4) is 0 Å². The van der Waals surface area contributed by atoms with Gasteiger partial charge in [0.2, 0.25) is 0 Å². The van der Waals surface area contributed by atoms with Gasteiger partial charge in [-0.2, -0.15) is 0 Å². The first kappa shape index (κ1) is 12.4. The standard InChI is InChI=1S/C11H18BrN3/c1-8(12)5-6-15(4)11-7-13-9(2)10(3)14-11/h7-8H,5-6H2,1-4H3. The Bertz CT molecular complexity index is 326. The van der Waals surface area contributed by atoms with Gasteiger partial charge in [0.05, 0.1) is 17.6 Å². The van der Waals surface area contributed by atoms with E-state index in [4.69, 9.17) is 0 Å². The van der Waals surface area contributed by atoms with Gasteiger partial charge >= 0.3 is 0 Å². The molecule has 0 radical (unpaired) electrons. The van der Waals surface area contributed by atoms with Crippen LogP contribution in [0.1, 0.15) is 24.7 Å². The second kappa shape index (κ2) is 5.45. The van der Waals surface area contributed by atoms with Crippen molar-refractivity contribution in [1.82, 2.24) is 9.97 Å². The molecule has 1 unspecified atom stereocenters. The number of alkyl halides is 1. The van der Waals surface area contributed by atoms with Crippen molar-refractivity contribution in [3.8, 4) is 0 Å². The molecule has 0 amide bonds. The molecule has 1 aromatic heterocycles. The lowest BCUT2D eigenvalue weighted by Gasteiger charge is -2.19. The number of aryl methyl sites for hydroxylation is 2. The quantitative estimate of drug-likeness (QED) is 0.789. The highest BCUT2D eigenvalue weighted by atomic mass is 79.9. The van der Waals surface area contributed by atoms with Crippen LogP contribution >= 0.6 is 15.9 Å². The molecule has 1 rings (SSSR count). The van der Waals surface area contributed by atoms with Crippen molar-refractivity contribution < 1.29 is 0 Å². The number of nitrogens with zero attached hydrogens (tertiary/aromatic N) is 3. The third kappa shape index (κ3) is 3.78. The van der Waals surface area contributed by atoms with Crippen molar-refractivity contribution in [3.05, 3.63) is 17.6 Å². The predicted molar refractivity (Wildman–Crippen MR) is 67.8 cm³/mol. The molecule has 0 fully saturated rings. The average Bonchev–Trinajstić information content (AvgIpc) is 2.18. The SMILES string of the molecule is Cc1ncc(N(C)CCC(C)Br)nc1C. The Morgan fingerprint density at radius 3 is 2.60 bits per heavy atom. The van der Waals surface area contributed by atoms with E-state index in [-0.39, 0.29) is 0 Å². The summed E-state index contributed by atoms with van der Waals surface area (Å²) in [4.78, 5) is 11.5. The van der Waals surface area contributed by atoms with Crippen molar-refractivity contribution in [2.45, 2.75) is 32.0 Å². The molecular weight excluding hydrogens is 254 g/mol. The van der Waals surface area contributed by atoms with Crippen molar-refractivity contribution in [3.63, 3.8) is 0 Å². The molecular formula is C11H18BrN3. The molecule has 15 heavy (non-hydrogen) atoms. The first-order valence-electron chi connectivity index (χ1n) is 5.16. The lowest BCUT2D eigenvalue weighted by atomic mass is 10.3. The number of rotatable bonds is 4. The third-order valence-electron chi connectivity index (χ3n) is 2.43. The predicted octanol–water partition coefficient (Wildman–Crippen LogP) is 2.70. The van der Waals surface area contributed by atoms with Crippen LogP contribution in [0.4, 0.5) is 5.82 Å². The van der Waals surface area contributed by atoms with E-state index in [2.05, 4.69) is 37.7 Å². The molecule has 0 aliphatic carbocycles. The van der Waals surface area contributed by atoms with Crippen LogP contribution in [0.5, 0.6) is 0 Å². The van der Waals surface area contributed by atoms with Crippen LogP contribution in [0.15, 0.2) is 6.20 Å². The van der Waals surface area contributed by atoms with Crippen molar-refractivity contribution >= 4 is 21.7 Å². The zero-order valence-electron chi connectivity index (χ0n) is 9.79. The molecule has 0 N–H and O–H groups in total. The van der Waals surface area contributed by atoms with E-state index in [1.54, 1.807) is 0 Å². The molecule has 1 atom stereocenters. The largest absolute Gasteiger partial charge is 0.358 e. The normalized spacial score (nSPS) is 12.6. The first-order valence-corrected chi connectivity index (χ1v) is 6.07. The third-order valence-corrected chi connectivity index (χ3v) is 2.89. The Labute approximate surface area is 100 Å².